The molecule has 0 saturated heterocycles. The normalized spacial score (nSPS) is 11.8. The van der Waals surface area contributed by atoms with Crippen molar-refractivity contribution in [3.8, 4) is 33.4 Å². The van der Waals surface area contributed by atoms with E-state index in [9.17, 15) is 0 Å². The van der Waals surface area contributed by atoms with Crippen molar-refractivity contribution in [3.63, 3.8) is 0 Å². The Morgan fingerprint density at radius 1 is 0.208 bits per heavy atom. The van der Waals surface area contributed by atoms with Crippen molar-refractivity contribution < 1.29 is 0 Å². The maximum Gasteiger partial charge on any atom is -0.00262 e. The third-order valence-corrected chi connectivity index (χ3v) is 10.2. The van der Waals surface area contributed by atoms with E-state index in [-0.39, 0.29) is 0 Å². The van der Waals surface area contributed by atoms with Crippen molar-refractivity contribution in [2.45, 2.75) is 0 Å². The summed E-state index contributed by atoms with van der Waals surface area (Å²) in [6.45, 7) is 0. The summed E-state index contributed by atoms with van der Waals surface area (Å²) in [5.74, 6) is 0. The predicted octanol–water partition coefficient (Wildman–Crippen LogP) is 13.6. The van der Waals surface area contributed by atoms with Crippen LogP contribution in [0.2, 0.25) is 0 Å². The summed E-state index contributed by atoms with van der Waals surface area (Å²) in [4.78, 5) is 0. The fourth-order valence-corrected chi connectivity index (χ4v) is 8.02. The molecule has 0 aromatic heterocycles. The van der Waals surface area contributed by atoms with Gasteiger partial charge in [0.15, 0.2) is 0 Å². The molecule has 0 unspecified atom stereocenters. The van der Waals surface area contributed by atoms with Crippen LogP contribution in [-0.4, -0.2) is 0 Å². The molecule has 0 amide bonds. The zero-order valence-corrected chi connectivity index (χ0v) is 26.3. The molecule has 0 atom stereocenters. The molecule has 0 heterocycles. The molecular weight excluding hydrogens is 577 g/mol. The summed E-state index contributed by atoms with van der Waals surface area (Å²) in [5, 5.41) is 15.4. The monoisotopic (exact) mass is 606 g/mol. The van der Waals surface area contributed by atoms with Crippen LogP contribution in [0.5, 0.6) is 0 Å². The third-order valence-electron chi connectivity index (χ3n) is 10.2. The van der Waals surface area contributed by atoms with Crippen LogP contribution >= 0.6 is 0 Å². The average molecular weight is 607 g/mol. The molecule has 10 aromatic rings. The third kappa shape index (κ3) is 4.10. The van der Waals surface area contributed by atoms with Crippen molar-refractivity contribution in [2.75, 3.05) is 0 Å². The van der Waals surface area contributed by atoms with E-state index in [1.165, 1.54) is 98.0 Å². The lowest BCUT2D eigenvalue weighted by molar-refractivity contribution is 1.66. The van der Waals surface area contributed by atoms with Gasteiger partial charge in [0.05, 0.1) is 0 Å². The largest absolute Gasteiger partial charge is 0.0622 e. The predicted molar refractivity (Wildman–Crippen MR) is 208 cm³/mol. The fraction of sp³-hybridized carbons (Fsp3) is 0. The van der Waals surface area contributed by atoms with Crippen molar-refractivity contribution in [1.29, 1.82) is 0 Å². The zero-order chi connectivity index (χ0) is 31.6. The molecule has 222 valence electrons. The molecule has 0 N–H and O–H groups in total. The maximum absolute atomic E-state index is 2.40. The van der Waals surface area contributed by atoms with Crippen LogP contribution in [0.4, 0.5) is 0 Å². The SMILES string of the molecule is c1ccc(-c2c3ccccc3c(-c3ccc4cc(-c5cc6c7ccccc7ccc6c6ccccc56)ccc4c3)c3ccccc23)cc1. The molecule has 10 rings (SSSR count). The van der Waals surface area contributed by atoms with E-state index < -0.39 is 0 Å². The van der Waals surface area contributed by atoms with E-state index in [2.05, 4.69) is 182 Å². The summed E-state index contributed by atoms with van der Waals surface area (Å²) in [6, 6.07) is 67.1. The first-order valence-corrected chi connectivity index (χ1v) is 16.7. The first-order chi connectivity index (χ1) is 23.8. The molecule has 0 bridgehead atoms. The topological polar surface area (TPSA) is 0 Å². The van der Waals surface area contributed by atoms with E-state index >= 15 is 0 Å². The lowest BCUT2D eigenvalue weighted by atomic mass is 9.85. The van der Waals surface area contributed by atoms with Crippen molar-refractivity contribution in [2.24, 2.45) is 0 Å². The Labute approximate surface area is 279 Å². The maximum atomic E-state index is 2.40. The Morgan fingerprint density at radius 2 is 0.667 bits per heavy atom. The van der Waals surface area contributed by atoms with Gasteiger partial charge in [0, 0.05) is 0 Å². The Hall–Kier alpha value is -6.24. The minimum absolute atomic E-state index is 1.24. The summed E-state index contributed by atoms with van der Waals surface area (Å²) in [6.07, 6.45) is 0. The van der Waals surface area contributed by atoms with Gasteiger partial charge in [-0.25, -0.2) is 0 Å². The van der Waals surface area contributed by atoms with Crippen LogP contribution in [0.25, 0.3) is 98.0 Å². The highest BCUT2D eigenvalue weighted by atomic mass is 14.2. The van der Waals surface area contributed by atoms with E-state index in [0.717, 1.165) is 0 Å². The molecule has 0 aliphatic carbocycles. The first kappa shape index (κ1) is 26.9. The standard InChI is InChI=1S/C48H30/c1-2-13-32(14-3-1)47-41-18-8-10-20-43(41)48(44-21-11-9-19-42(44)47)36-25-23-33-28-35(24-22-34(33)29-36)45-30-46-37-15-5-4-12-31(37)26-27-40(46)38-16-6-7-17-39(38)45/h1-30H. The fourth-order valence-electron chi connectivity index (χ4n) is 8.02. The Kier molecular flexibility index (Phi) is 5.98. The van der Waals surface area contributed by atoms with Gasteiger partial charge in [-0.2, -0.15) is 0 Å². The van der Waals surface area contributed by atoms with Gasteiger partial charge < -0.3 is 0 Å². The van der Waals surface area contributed by atoms with Crippen molar-refractivity contribution in [3.05, 3.63) is 182 Å². The Morgan fingerprint density at radius 3 is 1.33 bits per heavy atom. The molecule has 0 spiro atoms. The highest BCUT2D eigenvalue weighted by Gasteiger charge is 2.17. The lowest BCUT2D eigenvalue weighted by Gasteiger charge is -2.18. The highest BCUT2D eigenvalue weighted by Crippen LogP contribution is 2.44. The van der Waals surface area contributed by atoms with Gasteiger partial charge in [-0.15, -0.1) is 0 Å². The van der Waals surface area contributed by atoms with Gasteiger partial charge >= 0.3 is 0 Å². The second-order valence-corrected chi connectivity index (χ2v) is 12.8. The molecule has 0 saturated carbocycles. The van der Waals surface area contributed by atoms with Crippen LogP contribution < -0.4 is 0 Å². The molecule has 48 heavy (non-hydrogen) atoms. The quantitative estimate of drug-likeness (QED) is 0.139. The van der Waals surface area contributed by atoms with Gasteiger partial charge in [-0.1, -0.05) is 164 Å². The first-order valence-electron chi connectivity index (χ1n) is 16.7. The van der Waals surface area contributed by atoms with E-state index in [0.29, 0.717) is 0 Å². The summed E-state index contributed by atoms with van der Waals surface area (Å²) in [7, 11) is 0. The summed E-state index contributed by atoms with van der Waals surface area (Å²) in [5.41, 5.74) is 7.59. The molecule has 0 aliphatic rings. The number of rotatable bonds is 3. The van der Waals surface area contributed by atoms with Gasteiger partial charge in [0.1, 0.15) is 0 Å². The van der Waals surface area contributed by atoms with Gasteiger partial charge in [0.25, 0.3) is 0 Å². The molecule has 0 heteroatoms. The van der Waals surface area contributed by atoms with Gasteiger partial charge in [-0.3, -0.25) is 0 Å². The lowest BCUT2D eigenvalue weighted by Crippen LogP contribution is -1.91. The van der Waals surface area contributed by atoms with Crippen LogP contribution in [0.3, 0.4) is 0 Å². The molecule has 0 radical (unpaired) electrons. The summed E-state index contributed by atoms with van der Waals surface area (Å²) < 4.78 is 0. The number of benzene rings is 10. The molecule has 0 aliphatic heterocycles. The second-order valence-electron chi connectivity index (χ2n) is 12.8. The second kappa shape index (κ2) is 10.7. The van der Waals surface area contributed by atoms with Gasteiger partial charge in [-0.05, 0) is 116 Å². The molecule has 0 fully saturated rings. The minimum Gasteiger partial charge on any atom is -0.0622 e. The van der Waals surface area contributed by atoms with E-state index in [1.807, 2.05) is 0 Å². The van der Waals surface area contributed by atoms with Crippen molar-refractivity contribution >= 4 is 64.6 Å². The van der Waals surface area contributed by atoms with Crippen LogP contribution in [-0.2, 0) is 0 Å². The number of hydrogen-bond acceptors (Lipinski definition) is 0. The van der Waals surface area contributed by atoms with Crippen LogP contribution in [0, 0.1) is 0 Å². The molecular formula is C48H30. The zero-order valence-electron chi connectivity index (χ0n) is 26.3. The number of fused-ring (bicyclic) bond motifs is 8. The Bertz CT molecular complexity index is 2820. The summed E-state index contributed by atoms with van der Waals surface area (Å²) >= 11 is 0. The highest BCUT2D eigenvalue weighted by molar-refractivity contribution is 6.23. The molecule has 0 nitrogen and oxygen atoms in total. The Balaban J connectivity index is 1.18. The minimum atomic E-state index is 1.24. The smallest absolute Gasteiger partial charge is 0.00262 e. The van der Waals surface area contributed by atoms with E-state index in [4.69, 9.17) is 0 Å². The van der Waals surface area contributed by atoms with Gasteiger partial charge in [0.2, 0.25) is 0 Å². The average Bonchev–Trinajstić information content (AvgIpc) is 3.16. The molecule has 10 aromatic carbocycles. The number of hydrogen-bond donors (Lipinski definition) is 0. The van der Waals surface area contributed by atoms with Crippen molar-refractivity contribution in [1.82, 2.24) is 0 Å². The van der Waals surface area contributed by atoms with E-state index in [1.54, 1.807) is 0 Å². The van der Waals surface area contributed by atoms with Crippen LogP contribution in [0.15, 0.2) is 182 Å². The van der Waals surface area contributed by atoms with Crippen LogP contribution in [0.1, 0.15) is 0 Å².